The van der Waals surface area contributed by atoms with E-state index in [9.17, 15) is 14.9 Å². The molecule has 0 amide bonds. The number of hydrogen-bond donors (Lipinski definition) is 0. The number of carbonyl (C=O) groups excluding carboxylic acids is 1. The topological polar surface area (TPSA) is 105 Å². The molecule has 9 nitrogen and oxygen atoms in total. The van der Waals surface area contributed by atoms with Gasteiger partial charge in [0.15, 0.2) is 0 Å². The van der Waals surface area contributed by atoms with Crippen molar-refractivity contribution in [3.8, 4) is 5.75 Å². The summed E-state index contributed by atoms with van der Waals surface area (Å²) in [6.45, 7) is 12.3. The monoisotopic (exact) mass is 533 g/mol. The first kappa shape index (κ1) is 29.3. The molecule has 4 aromatic rings. The van der Waals surface area contributed by atoms with Crippen molar-refractivity contribution >= 4 is 39.2 Å². The average Bonchev–Trinajstić information content (AvgIpc) is 3.23. The lowest BCUT2D eigenvalue weighted by atomic mass is 9.96. The van der Waals surface area contributed by atoms with Crippen molar-refractivity contribution in [2.75, 3.05) is 13.7 Å². The van der Waals surface area contributed by atoms with Crippen molar-refractivity contribution in [2.45, 2.75) is 54.2 Å². The Hall–Kier alpha value is -4.24. The molecule has 0 saturated heterocycles. The van der Waals surface area contributed by atoms with Crippen LogP contribution in [0.3, 0.4) is 0 Å². The molecule has 1 aromatic heterocycles. The van der Waals surface area contributed by atoms with Crippen LogP contribution in [0.2, 0.25) is 0 Å². The van der Waals surface area contributed by atoms with Gasteiger partial charge in [0.25, 0.3) is 5.69 Å². The van der Waals surface area contributed by atoms with Crippen LogP contribution in [0.5, 0.6) is 5.75 Å². The minimum absolute atomic E-state index is 0.0241. The second-order valence-corrected chi connectivity index (χ2v) is 8.82. The van der Waals surface area contributed by atoms with Crippen LogP contribution in [-0.2, 0) is 20.9 Å². The number of rotatable bonds is 9. The summed E-state index contributed by atoms with van der Waals surface area (Å²) in [7, 11) is 1.62. The van der Waals surface area contributed by atoms with E-state index in [0.717, 1.165) is 32.9 Å². The number of aromatic nitrogens is 1. The lowest BCUT2D eigenvalue weighted by molar-refractivity contribution is -0.384. The quantitative estimate of drug-likeness (QED) is 0.102. The third-order valence-corrected chi connectivity index (χ3v) is 6.11. The van der Waals surface area contributed by atoms with Crippen molar-refractivity contribution in [3.63, 3.8) is 0 Å². The second-order valence-electron chi connectivity index (χ2n) is 8.82. The molecule has 39 heavy (non-hydrogen) atoms. The molecule has 0 aliphatic heterocycles. The van der Waals surface area contributed by atoms with Gasteiger partial charge in [-0.1, -0.05) is 25.1 Å². The summed E-state index contributed by atoms with van der Waals surface area (Å²) >= 11 is 0. The van der Waals surface area contributed by atoms with Crippen molar-refractivity contribution in [1.82, 2.24) is 4.57 Å². The summed E-state index contributed by atoms with van der Waals surface area (Å²) in [5.41, 5.74) is 4.69. The van der Waals surface area contributed by atoms with E-state index in [1.807, 2.05) is 71.0 Å². The van der Waals surface area contributed by atoms with Gasteiger partial charge in [0.2, 0.25) is 0 Å². The van der Waals surface area contributed by atoms with Gasteiger partial charge >= 0.3 is 5.97 Å². The maximum absolute atomic E-state index is 11.6. The van der Waals surface area contributed by atoms with Crippen LogP contribution in [0.4, 0.5) is 5.69 Å². The number of ether oxygens (including phenoxy) is 2. The fourth-order valence-electron chi connectivity index (χ4n) is 4.54. The molecule has 206 valence electrons. The largest absolute Gasteiger partial charge is 0.488 e. The van der Waals surface area contributed by atoms with Gasteiger partial charge in [0, 0.05) is 65.6 Å². The number of carbonyl (C=O) groups is 1. The standard InChI is InChI=1S/C28H29N3O6.C2H6/c1-6-30-26-11-7-20(14-24(26)25-15-21(31(33)34)8-12-27(25)30)28(29-37-19(4)32)23-10-9-22(13-17(23)2)36-18(3)16-35-5;1-2/h7-15,18H,6,16H2,1-5H3;1-2H3/b29-28-;. The van der Waals surface area contributed by atoms with Gasteiger partial charge in [-0.15, -0.1) is 0 Å². The summed E-state index contributed by atoms with van der Waals surface area (Å²) in [4.78, 5) is 27.8. The smallest absolute Gasteiger partial charge is 0.332 e. The first-order chi connectivity index (χ1) is 18.7. The zero-order chi connectivity index (χ0) is 28.7. The van der Waals surface area contributed by atoms with E-state index in [4.69, 9.17) is 14.3 Å². The normalized spacial score (nSPS) is 12.1. The van der Waals surface area contributed by atoms with Gasteiger partial charge in [0.1, 0.15) is 17.6 Å². The summed E-state index contributed by atoms with van der Waals surface area (Å²) in [6, 6.07) is 16.3. The van der Waals surface area contributed by atoms with Crippen molar-refractivity contribution in [1.29, 1.82) is 0 Å². The molecule has 0 saturated carbocycles. The lowest BCUT2D eigenvalue weighted by Gasteiger charge is -2.16. The van der Waals surface area contributed by atoms with Gasteiger partial charge < -0.3 is 18.9 Å². The Balaban J connectivity index is 0.00000205. The summed E-state index contributed by atoms with van der Waals surface area (Å²) in [6.07, 6.45) is -0.119. The number of fused-ring (bicyclic) bond motifs is 3. The van der Waals surface area contributed by atoms with Gasteiger partial charge in [0.05, 0.1) is 11.5 Å². The van der Waals surface area contributed by atoms with Crippen LogP contribution in [-0.4, -0.2) is 41.0 Å². The Labute approximate surface area is 228 Å². The number of benzene rings is 3. The molecule has 1 atom stereocenters. The van der Waals surface area contributed by atoms with Crippen LogP contribution >= 0.6 is 0 Å². The number of methoxy groups -OCH3 is 1. The molecule has 0 aliphatic carbocycles. The Morgan fingerprint density at radius 2 is 1.72 bits per heavy atom. The minimum Gasteiger partial charge on any atom is -0.488 e. The predicted molar refractivity (Wildman–Crippen MR) is 154 cm³/mol. The molecule has 4 rings (SSSR count). The maximum atomic E-state index is 11.6. The van der Waals surface area contributed by atoms with Gasteiger partial charge in [-0.25, -0.2) is 4.79 Å². The molecule has 3 aromatic carbocycles. The van der Waals surface area contributed by atoms with Gasteiger partial charge in [-0.2, -0.15) is 0 Å². The van der Waals surface area contributed by atoms with Gasteiger partial charge in [-0.3, -0.25) is 10.1 Å². The van der Waals surface area contributed by atoms with Crippen LogP contribution in [0.1, 0.15) is 51.3 Å². The van der Waals surface area contributed by atoms with E-state index < -0.39 is 10.9 Å². The minimum atomic E-state index is -0.539. The first-order valence-electron chi connectivity index (χ1n) is 13.0. The molecular formula is C30H35N3O6. The number of nitro groups is 1. The Morgan fingerprint density at radius 1 is 1.05 bits per heavy atom. The molecule has 1 unspecified atom stereocenters. The molecule has 0 aliphatic rings. The van der Waals surface area contributed by atoms with E-state index in [-0.39, 0.29) is 11.8 Å². The van der Waals surface area contributed by atoms with Crippen LogP contribution < -0.4 is 4.74 Å². The number of oxime groups is 1. The first-order valence-corrected chi connectivity index (χ1v) is 13.0. The predicted octanol–water partition coefficient (Wildman–Crippen LogP) is 6.79. The third-order valence-electron chi connectivity index (χ3n) is 6.11. The number of nitrogens with zero attached hydrogens (tertiary/aromatic N) is 3. The summed E-state index contributed by atoms with van der Waals surface area (Å²) < 4.78 is 13.2. The zero-order valence-corrected chi connectivity index (χ0v) is 23.5. The van der Waals surface area contributed by atoms with E-state index in [1.165, 1.54) is 13.0 Å². The second kappa shape index (κ2) is 13.0. The highest BCUT2D eigenvalue weighted by atomic mass is 16.7. The SMILES string of the molecule is CC.CCn1c2ccc(/C(=N/OC(C)=O)c3ccc(OC(C)COC)cc3C)cc2c2cc([N+](=O)[O-])ccc21. The van der Waals surface area contributed by atoms with E-state index >= 15 is 0 Å². The maximum Gasteiger partial charge on any atom is 0.332 e. The molecule has 1 heterocycles. The molecule has 0 radical (unpaired) electrons. The van der Waals surface area contributed by atoms with Crippen LogP contribution in [0.15, 0.2) is 59.8 Å². The Morgan fingerprint density at radius 3 is 2.31 bits per heavy atom. The number of aryl methyl sites for hydroxylation is 2. The third kappa shape index (κ3) is 6.43. The van der Waals surface area contributed by atoms with Crippen LogP contribution in [0, 0.1) is 17.0 Å². The lowest BCUT2D eigenvalue weighted by Crippen LogP contribution is -2.18. The number of nitro benzene ring substituents is 1. The molecule has 0 fully saturated rings. The Bertz CT molecular complexity index is 1520. The molecule has 0 bridgehead atoms. The fraction of sp³-hybridized carbons (Fsp3) is 0.333. The van der Waals surface area contributed by atoms with Gasteiger partial charge in [-0.05, 0) is 62.7 Å². The average molecular weight is 534 g/mol. The zero-order valence-electron chi connectivity index (χ0n) is 23.5. The van der Waals surface area contributed by atoms with E-state index in [2.05, 4.69) is 9.72 Å². The molecule has 9 heteroatoms. The highest BCUT2D eigenvalue weighted by Crippen LogP contribution is 2.33. The highest BCUT2D eigenvalue weighted by Gasteiger charge is 2.18. The molecular weight excluding hydrogens is 498 g/mol. The Kier molecular flexibility index (Phi) is 9.78. The van der Waals surface area contributed by atoms with E-state index in [1.54, 1.807) is 19.2 Å². The number of hydrogen-bond acceptors (Lipinski definition) is 7. The van der Waals surface area contributed by atoms with Crippen molar-refractivity contribution in [2.24, 2.45) is 5.16 Å². The summed E-state index contributed by atoms with van der Waals surface area (Å²) in [5.74, 6) is 0.147. The molecule has 0 spiro atoms. The molecule has 0 N–H and O–H groups in total. The van der Waals surface area contributed by atoms with Crippen molar-refractivity contribution < 1.29 is 24.0 Å². The van der Waals surface area contributed by atoms with Crippen molar-refractivity contribution in [3.05, 3.63) is 81.4 Å². The van der Waals surface area contributed by atoms with E-state index in [0.29, 0.717) is 30.2 Å². The highest BCUT2D eigenvalue weighted by molar-refractivity contribution is 6.17. The summed E-state index contributed by atoms with van der Waals surface area (Å²) in [5, 5.41) is 17.3. The van der Waals surface area contributed by atoms with Crippen LogP contribution in [0.25, 0.3) is 21.8 Å². The number of non-ortho nitro benzene ring substituents is 1. The fourth-order valence-corrected chi connectivity index (χ4v) is 4.54.